The predicted octanol–water partition coefficient (Wildman–Crippen LogP) is 2.03. The summed E-state index contributed by atoms with van der Waals surface area (Å²) in [4.78, 5) is 0. The first-order valence-electron chi connectivity index (χ1n) is 6.36. The highest BCUT2D eigenvalue weighted by Gasteiger charge is 2.22. The van der Waals surface area contributed by atoms with Gasteiger partial charge in [-0.25, -0.2) is 4.68 Å². The van der Waals surface area contributed by atoms with Gasteiger partial charge >= 0.3 is 0 Å². The van der Waals surface area contributed by atoms with Crippen molar-refractivity contribution in [2.75, 3.05) is 5.73 Å². The molecule has 1 aromatic heterocycles. The number of hydrogen-bond acceptors (Lipinski definition) is 4. The monoisotopic (exact) mass is 243 g/mol. The van der Waals surface area contributed by atoms with Gasteiger partial charge in [0.15, 0.2) is 5.82 Å². The molecule has 2 aromatic rings. The Morgan fingerprint density at radius 2 is 2.22 bits per heavy atom. The van der Waals surface area contributed by atoms with Crippen LogP contribution in [0.5, 0.6) is 0 Å². The van der Waals surface area contributed by atoms with Crippen molar-refractivity contribution in [1.29, 1.82) is 0 Å². The zero-order valence-electron chi connectivity index (χ0n) is 10.5. The Morgan fingerprint density at radius 3 is 3.00 bits per heavy atom. The van der Waals surface area contributed by atoms with Crippen molar-refractivity contribution < 1.29 is 0 Å². The molecule has 0 bridgehead atoms. The lowest BCUT2D eigenvalue weighted by atomic mass is 10.1. The molecule has 1 fully saturated rings. The van der Waals surface area contributed by atoms with Crippen LogP contribution in [0.1, 0.15) is 24.8 Å². The molecule has 1 saturated carbocycles. The number of benzene rings is 1. The third-order valence-electron chi connectivity index (χ3n) is 3.48. The highest BCUT2D eigenvalue weighted by molar-refractivity contribution is 5.65. The third-order valence-corrected chi connectivity index (χ3v) is 3.48. The van der Waals surface area contributed by atoms with Gasteiger partial charge in [0.05, 0.1) is 0 Å². The number of nitrogens with zero attached hydrogens (tertiary/aromatic N) is 4. The molecule has 94 valence electrons. The number of nitrogens with two attached hydrogens (primary N) is 1. The Bertz CT molecular complexity index is 556. The molecule has 18 heavy (non-hydrogen) atoms. The second-order valence-corrected chi connectivity index (χ2v) is 5.03. The maximum Gasteiger partial charge on any atom is 0.182 e. The second kappa shape index (κ2) is 4.40. The van der Waals surface area contributed by atoms with Crippen LogP contribution >= 0.6 is 0 Å². The van der Waals surface area contributed by atoms with Gasteiger partial charge in [0, 0.05) is 17.8 Å². The van der Waals surface area contributed by atoms with Crippen LogP contribution in [0.4, 0.5) is 5.69 Å². The minimum Gasteiger partial charge on any atom is -0.399 e. The van der Waals surface area contributed by atoms with Crippen molar-refractivity contribution in [3.8, 4) is 11.4 Å². The summed E-state index contributed by atoms with van der Waals surface area (Å²) in [6.45, 7) is 2.94. The van der Waals surface area contributed by atoms with Gasteiger partial charge in [0.25, 0.3) is 0 Å². The Labute approximate surface area is 106 Å². The number of anilines is 1. The lowest BCUT2D eigenvalue weighted by Gasteiger charge is -2.07. The van der Waals surface area contributed by atoms with Crippen LogP contribution in [0, 0.1) is 12.8 Å². The van der Waals surface area contributed by atoms with Crippen LogP contribution in [0.25, 0.3) is 11.4 Å². The van der Waals surface area contributed by atoms with E-state index in [-0.39, 0.29) is 0 Å². The van der Waals surface area contributed by atoms with E-state index in [4.69, 9.17) is 5.73 Å². The average molecular weight is 243 g/mol. The largest absolute Gasteiger partial charge is 0.399 e. The van der Waals surface area contributed by atoms with Crippen molar-refractivity contribution in [2.24, 2.45) is 5.92 Å². The minimum atomic E-state index is 0.743. The lowest BCUT2D eigenvalue weighted by molar-refractivity contribution is 0.535. The summed E-state index contributed by atoms with van der Waals surface area (Å²) in [5.41, 5.74) is 8.75. The number of aryl methyl sites for hydroxylation is 2. The molecule has 0 saturated heterocycles. The summed E-state index contributed by atoms with van der Waals surface area (Å²) in [5, 5.41) is 12.0. The van der Waals surface area contributed by atoms with Crippen LogP contribution in [0.15, 0.2) is 18.2 Å². The van der Waals surface area contributed by atoms with E-state index in [0.717, 1.165) is 35.1 Å². The molecular weight excluding hydrogens is 226 g/mol. The van der Waals surface area contributed by atoms with Gasteiger partial charge in [0.2, 0.25) is 0 Å². The van der Waals surface area contributed by atoms with Crippen LogP contribution < -0.4 is 5.73 Å². The minimum absolute atomic E-state index is 0.743. The Kier molecular flexibility index (Phi) is 2.74. The summed E-state index contributed by atoms with van der Waals surface area (Å²) in [5.74, 6) is 1.70. The molecular formula is C13H17N5. The molecule has 0 unspecified atom stereocenters. The predicted molar refractivity (Wildman–Crippen MR) is 69.7 cm³/mol. The van der Waals surface area contributed by atoms with E-state index in [1.807, 2.05) is 22.9 Å². The maximum atomic E-state index is 5.84. The smallest absolute Gasteiger partial charge is 0.182 e. The first-order chi connectivity index (χ1) is 8.74. The van der Waals surface area contributed by atoms with Gasteiger partial charge < -0.3 is 5.73 Å². The lowest BCUT2D eigenvalue weighted by Crippen LogP contribution is -2.04. The summed E-state index contributed by atoms with van der Waals surface area (Å²) in [7, 11) is 0. The molecule has 1 aromatic carbocycles. The highest BCUT2D eigenvalue weighted by Crippen LogP contribution is 2.33. The first kappa shape index (κ1) is 11.2. The normalized spacial score (nSPS) is 14.9. The SMILES string of the molecule is Cc1ccc(N)cc1-c1nnnn1CCC1CC1. The van der Waals surface area contributed by atoms with E-state index < -0.39 is 0 Å². The molecule has 1 heterocycles. The van der Waals surface area contributed by atoms with E-state index in [9.17, 15) is 0 Å². The van der Waals surface area contributed by atoms with E-state index in [0.29, 0.717) is 0 Å². The Hall–Kier alpha value is -1.91. The first-order valence-corrected chi connectivity index (χ1v) is 6.36. The van der Waals surface area contributed by atoms with Gasteiger partial charge in [-0.3, -0.25) is 0 Å². The molecule has 5 nitrogen and oxygen atoms in total. The fraction of sp³-hybridized carbons (Fsp3) is 0.462. The fourth-order valence-corrected chi connectivity index (χ4v) is 2.14. The zero-order valence-corrected chi connectivity index (χ0v) is 10.5. The molecule has 0 atom stereocenters. The van der Waals surface area contributed by atoms with Crippen molar-refractivity contribution in [2.45, 2.75) is 32.7 Å². The van der Waals surface area contributed by atoms with Crippen LogP contribution in [0.3, 0.4) is 0 Å². The summed E-state index contributed by atoms with van der Waals surface area (Å²) in [6.07, 6.45) is 3.88. The van der Waals surface area contributed by atoms with Crippen molar-refractivity contribution >= 4 is 5.69 Å². The average Bonchev–Trinajstić information content (AvgIpc) is 3.08. The standard InChI is InChI=1S/C13H17N5/c1-9-2-5-11(14)8-12(9)13-15-16-17-18(13)7-6-10-3-4-10/h2,5,8,10H,3-4,6-7,14H2,1H3. The highest BCUT2D eigenvalue weighted by atomic mass is 15.5. The van der Waals surface area contributed by atoms with Gasteiger partial charge in [-0.1, -0.05) is 18.9 Å². The number of rotatable bonds is 4. The molecule has 0 spiro atoms. The van der Waals surface area contributed by atoms with E-state index >= 15 is 0 Å². The van der Waals surface area contributed by atoms with Gasteiger partial charge in [0.1, 0.15) is 0 Å². The van der Waals surface area contributed by atoms with Crippen LogP contribution in [0.2, 0.25) is 0 Å². The molecule has 0 aliphatic heterocycles. The van der Waals surface area contributed by atoms with E-state index in [1.165, 1.54) is 19.3 Å². The third kappa shape index (κ3) is 2.20. The summed E-state index contributed by atoms with van der Waals surface area (Å²) in [6, 6.07) is 5.84. The Balaban J connectivity index is 1.90. The molecule has 0 radical (unpaired) electrons. The van der Waals surface area contributed by atoms with Crippen molar-refractivity contribution in [3.63, 3.8) is 0 Å². The van der Waals surface area contributed by atoms with Crippen molar-refractivity contribution in [1.82, 2.24) is 20.2 Å². The summed E-state index contributed by atoms with van der Waals surface area (Å²) < 4.78 is 1.89. The molecule has 1 aliphatic carbocycles. The molecule has 5 heteroatoms. The number of nitrogen functional groups attached to an aromatic ring is 1. The quantitative estimate of drug-likeness (QED) is 0.834. The summed E-state index contributed by atoms with van der Waals surface area (Å²) >= 11 is 0. The number of aromatic nitrogens is 4. The molecule has 3 rings (SSSR count). The molecule has 0 amide bonds. The second-order valence-electron chi connectivity index (χ2n) is 5.03. The van der Waals surface area contributed by atoms with Crippen molar-refractivity contribution in [3.05, 3.63) is 23.8 Å². The Morgan fingerprint density at radius 1 is 1.39 bits per heavy atom. The van der Waals surface area contributed by atoms with Crippen LogP contribution in [-0.2, 0) is 6.54 Å². The van der Waals surface area contributed by atoms with E-state index in [1.54, 1.807) is 0 Å². The topological polar surface area (TPSA) is 69.6 Å². The van der Waals surface area contributed by atoms with Gasteiger partial charge in [-0.15, -0.1) is 5.10 Å². The van der Waals surface area contributed by atoms with Gasteiger partial charge in [-0.2, -0.15) is 0 Å². The molecule has 1 aliphatic rings. The number of hydrogen-bond donors (Lipinski definition) is 1. The van der Waals surface area contributed by atoms with Crippen LogP contribution in [-0.4, -0.2) is 20.2 Å². The maximum absolute atomic E-state index is 5.84. The number of tetrazole rings is 1. The molecule has 2 N–H and O–H groups in total. The fourth-order valence-electron chi connectivity index (χ4n) is 2.14. The van der Waals surface area contributed by atoms with Gasteiger partial charge in [-0.05, 0) is 47.4 Å². The zero-order chi connectivity index (χ0) is 12.5. The van der Waals surface area contributed by atoms with E-state index in [2.05, 4.69) is 22.4 Å².